The van der Waals surface area contributed by atoms with Crippen LogP contribution in [0.1, 0.15) is 19.4 Å². The molecule has 0 aliphatic carbocycles. The van der Waals surface area contributed by atoms with Crippen LogP contribution in [0.15, 0.2) is 22.7 Å². The van der Waals surface area contributed by atoms with Crippen molar-refractivity contribution in [2.24, 2.45) is 0 Å². The molecule has 1 aromatic rings. The van der Waals surface area contributed by atoms with Gasteiger partial charge in [-0.2, -0.15) is 0 Å². The fraction of sp³-hybridized carbons (Fsp3) is 0.571. The molecule has 0 aromatic heterocycles. The third-order valence-corrected chi connectivity index (χ3v) is 5.87. The van der Waals surface area contributed by atoms with Crippen molar-refractivity contribution in [1.82, 2.24) is 4.90 Å². The number of hydrogen-bond acceptors (Lipinski definition) is 3. The molecule has 2 rings (SSSR count). The van der Waals surface area contributed by atoms with Crippen molar-refractivity contribution in [3.05, 3.63) is 28.2 Å². The maximum absolute atomic E-state index is 11.9. The number of rotatable bonds is 3. The van der Waals surface area contributed by atoms with E-state index in [4.69, 9.17) is 4.74 Å². The lowest BCUT2D eigenvalue weighted by atomic mass is 10.1. The Kier molecular flexibility index (Phi) is 4.69. The zero-order valence-corrected chi connectivity index (χ0v) is 14.0. The largest absolute Gasteiger partial charge is 0.496 e. The molecule has 1 aliphatic heterocycles. The topological polar surface area (TPSA) is 29.5 Å². The van der Waals surface area contributed by atoms with Crippen LogP contribution in [0, 0.1) is 0 Å². The summed E-state index contributed by atoms with van der Waals surface area (Å²) in [6, 6.07) is 6.11. The van der Waals surface area contributed by atoms with Crippen LogP contribution in [0.25, 0.3) is 0 Å². The molecule has 19 heavy (non-hydrogen) atoms. The van der Waals surface area contributed by atoms with Crippen LogP contribution in [-0.2, 0) is 17.3 Å². The second kappa shape index (κ2) is 5.94. The molecule has 0 saturated carbocycles. The van der Waals surface area contributed by atoms with E-state index in [0.717, 1.165) is 35.6 Å². The van der Waals surface area contributed by atoms with Gasteiger partial charge in [0.25, 0.3) is 0 Å². The highest BCUT2D eigenvalue weighted by molar-refractivity contribution is 9.10. The average molecular weight is 346 g/mol. The van der Waals surface area contributed by atoms with Gasteiger partial charge in [-0.05, 0) is 26.0 Å². The van der Waals surface area contributed by atoms with Crippen LogP contribution in [0.4, 0.5) is 0 Å². The molecule has 0 bridgehead atoms. The predicted octanol–water partition coefficient (Wildman–Crippen LogP) is 2.80. The summed E-state index contributed by atoms with van der Waals surface area (Å²) in [7, 11) is 0.974. The van der Waals surface area contributed by atoms with Crippen molar-refractivity contribution in [2.45, 2.75) is 25.1 Å². The van der Waals surface area contributed by atoms with E-state index in [1.54, 1.807) is 7.11 Å². The molecular formula is C14H20BrNO2S. The van der Waals surface area contributed by atoms with Crippen LogP contribution >= 0.6 is 15.9 Å². The molecule has 0 radical (unpaired) electrons. The lowest BCUT2D eigenvalue weighted by Gasteiger charge is -2.37. The molecule has 0 amide bonds. The van der Waals surface area contributed by atoms with Crippen LogP contribution in [0.2, 0.25) is 0 Å². The maximum Gasteiger partial charge on any atom is 0.124 e. The summed E-state index contributed by atoms with van der Waals surface area (Å²) in [5.41, 5.74) is 1.18. The Labute approximate surface area is 125 Å². The molecule has 1 unspecified atom stereocenters. The highest BCUT2D eigenvalue weighted by Gasteiger charge is 2.33. The fourth-order valence-corrected chi connectivity index (χ4v) is 4.05. The zero-order valence-electron chi connectivity index (χ0n) is 11.6. The molecule has 1 aliphatic rings. The summed E-state index contributed by atoms with van der Waals surface area (Å²) in [4.78, 5) is 2.35. The Balaban J connectivity index is 2.12. The van der Waals surface area contributed by atoms with E-state index >= 15 is 0 Å². The summed E-state index contributed by atoms with van der Waals surface area (Å²) >= 11 is 3.45. The van der Waals surface area contributed by atoms with Gasteiger partial charge >= 0.3 is 0 Å². The maximum atomic E-state index is 11.9. The first-order valence-electron chi connectivity index (χ1n) is 6.35. The quantitative estimate of drug-likeness (QED) is 0.843. The number of hydrogen-bond donors (Lipinski definition) is 0. The minimum atomic E-state index is -0.720. The number of nitrogens with zero attached hydrogens (tertiary/aromatic N) is 1. The molecule has 0 spiro atoms. The highest BCUT2D eigenvalue weighted by Crippen LogP contribution is 2.27. The van der Waals surface area contributed by atoms with Crippen LogP contribution in [0.5, 0.6) is 5.75 Å². The second-order valence-corrected chi connectivity index (χ2v) is 8.60. The normalized spacial score (nSPS) is 23.3. The molecule has 1 heterocycles. The van der Waals surface area contributed by atoms with Gasteiger partial charge in [0, 0.05) is 46.2 Å². The minimum absolute atomic E-state index is 0.124. The summed E-state index contributed by atoms with van der Waals surface area (Å²) in [5, 5.41) is 0. The number of benzene rings is 1. The van der Waals surface area contributed by atoms with E-state index in [1.807, 2.05) is 12.1 Å². The number of halogens is 1. The fourth-order valence-electron chi connectivity index (χ4n) is 2.40. The Morgan fingerprint density at radius 1 is 1.47 bits per heavy atom. The van der Waals surface area contributed by atoms with E-state index in [2.05, 4.69) is 40.7 Å². The molecule has 3 nitrogen and oxygen atoms in total. The lowest BCUT2D eigenvalue weighted by Crippen LogP contribution is -2.49. The molecule has 1 fully saturated rings. The van der Waals surface area contributed by atoms with E-state index in [1.165, 1.54) is 5.56 Å². The van der Waals surface area contributed by atoms with Crippen molar-refractivity contribution < 1.29 is 8.95 Å². The first-order valence-corrected chi connectivity index (χ1v) is 8.47. The zero-order chi connectivity index (χ0) is 14.0. The summed E-state index contributed by atoms with van der Waals surface area (Å²) in [6.45, 7) is 6.74. The monoisotopic (exact) mass is 345 g/mol. The Bertz CT molecular complexity index is 490. The first kappa shape index (κ1) is 15.0. The van der Waals surface area contributed by atoms with E-state index in [0.29, 0.717) is 0 Å². The van der Waals surface area contributed by atoms with Gasteiger partial charge in [-0.3, -0.25) is 9.11 Å². The van der Waals surface area contributed by atoms with Gasteiger partial charge in [0.1, 0.15) is 5.75 Å². The predicted molar refractivity (Wildman–Crippen MR) is 83.1 cm³/mol. The molecule has 1 aromatic carbocycles. The summed E-state index contributed by atoms with van der Waals surface area (Å²) < 4.78 is 18.3. The molecule has 1 saturated heterocycles. The molecule has 5 heteroatoms. The van der Waals surface area contributed by atoms with E-state index < -0.39 is 10.8 Å². The van der Waals surface area contributed by atoms with Gasteiger partial charge in [0.15, 0.2) is 0 Å². The van der Waals surface area contributed by atoms with E-state index in [-0.39, 0.29) is 4.75 Å². The third-order valence-electron chi connectivity index (χ3n) is 3.46. The van der Waals surface area contributed by atoms with Crippen LogP contribution in [0.3, 0.4) is 0 Å². The lowest BCUT2D eigenvalue weighted by molar-refractivity contribution is 0.244. The van der Waals surface area contributed by atoms with Gasteiger partial charge in [0.05, 0.1) is 11.9 Å². The van der Waals surface area contributed by atoms with Crippen molar-refractivity contribution in [2.75, 3.05) is 26.0 Å². The Morgan fingerprint density at radius 3 is 2.84 bits per heavy atom. The Morgan fingerprint density at radius 2 is 2.21 bits per heavy atom. The first-order chi connectivity index (χ1) is 8.92. The minimum Gasteiger partial charge on any atom is -0.496 e. The third kappa shape index (κ3) is 3.58. The van der Waals surface area contributed by atoms with Gasteiger partial charge in [-0.1, -0.05) is 22.0 Å². The van der Waals surface area contributed by atoms with Gasteiger partial charge in [-0.25, -0.2) is 0 Å². The molecule has 1 atom stereocenters. The van der Waals surface area contributed by atoms with Crippen molar-refractivity contribution in [3.8, 4) is 5.75 Å². The smallest absolute Gasteiger partial charge is 0.124 e. The van der Waals surface area contributed by atoms with E-state index in [9.17, 15) is 4.21 Å². The number of ether oxygens (including phenoxy) is 1. The molecule has 0 N–H and O–H groups in total. The second-order valence-electron chi connectivity index (χ2n) is 5.48. The number of methoxy groups -OCH3 is 1. The molecular weight excluding hydrogens is 326 g/mol. The van der Waals surface area contributed by atoms with Gasteiger partial charge in [0.2, 0.25) is 0 Å². The van der Waals surface area contributed by atoms with Crippen LogP contribution < -0.4 is 4.74 Å². The Hall–Kier alpha value is -0.390. The summed E-state index contributed by atoms with van der Waals surface area (Å²) in [5.74, 6) is 1.66. The van der Waals surface area contributed by atoms with Gasteiger partial charge in [-0.15, -0.1) is 0 Å². The highest BCUT2D eigenvalue weighted by atomic mass is 79.9. The van der Waals surface area contributed by atoms with Crippen molar-refractivity contribution >= 4 is 26.7 Å². The SMILES string of the molecule is COc1cc(Br)ccc1CN1CCS(=O)C(C)(C)C1. The standard InChI is InChI=1S/C14H20BrNO2S/c1-14(2)10-16(6-7-19(14)17)9-11-4-5-12(15)8-13(11)18-3/h4-5,8H,6-7,9-10H2,1-3H3. The average Bonchev–Trinajstić information content (AvgIpc) is 2.35. The van der Waals surface area contributed by atoms with Crippen molar-refractivity contribution in [3.63, 3.8) is 0 Å². The van der Waals surface area contributed by atoms with Crippen LogP contribution in [-0.4, -0.2) is 39.8 Å². The summed E-state index contributed by atoms with van der Waals surface area (Å²) in [6.07, 6.45) is 0. The van der Waals surface area contributed by atoms with Crippen molar-refractivity contribution in [1.29, 1.82) is 0 Å². The molecule has 106 valence electrons. The van der Waals surface area contributed by atoms with Gasteiger partial charge < -0.3 is 4.74 Å².